The van der Waals surface area contributed by atoms with Gasteiger partial charge in [0.15, 0.2) is 5.96 Å². The summed E-state index contributed by atoms with van der Waals surface area (Å²) in [7, 11) is -3.24. The maximum atomic E-state index is 11.1. The normalized spacial score (nSPS) is 14.0. The zero-order valence-electron chi connectivity index (χ0n) is 11.9. The van der Waals surface area contributed by atoms with E-state index in [1.165, 1.54) is 0 Å². The number of sulfonamides is 1. The Balaban J connectivity index is 4.19. The van der Waals surface area contributed by atoms with Crippen molar-refractivity contribution in [1.82, 2.24) is 10.0 Å². The Hall–Kier alpha value is -0.820. The van der Waals surface area contributed by atoms with Crippen molar-refractivity contribution < 1.29 is 8.42 Å². The molecule has 108 valence electrons. The smallest absolute Gasteiger partial charge is 0.209 e. The lowest BCUT2D eigenvalue weighted by Crippen LogP contribution is -2.46. The fourth-order valence-electron chi connectivity index (χ4n) is 1.36. The Morgan fingerprint density at radius 1 is 1.39 bits per heavy atom. The third kappa shape index (κ3) is 10.3. The highest BCUT2D eigenvalue weighted by atomic mass is 32.2. The monoisotopic (exact) mass is 278 g/mol. The van der Waals surface area contributed by atoms with Crippen LogP contribution in [0.4, 0.5) is 0 Å². The maximum absolute atomic E-state index is 11.1. The zero-order chi connectivity index (χ0) is 14.4. The van der Waals surface area contributed by atoms with Crippen LogP contribution in [0.3, 0.4) is 0 Å². The van der Waals surface area contributed by atoms with E-state index in [2.05, 4.69) is 28.9 Å². The predicted molar refractivity (Wildman–Crippen MR) is 76.0 cm³/mol. The highest BCUT2D eigenvalue weighted by molar-refractivity contribution is 7.88. The third-order valence-electron chi connectivity index (χ3n) is 2.13. The molecule has 0 aliphatic rings. The lowest BCUT2D eigenvalue weighted by Gasteiger charge is -2.22. The van der Waals surface area contributed by atoms with E-state index in [9.17, 15) is 8.42 Å². The molecule has 0 amide bonds. The van der Waals surface area contributed by atoms with Gasteiger partial charge in [-0.2, -0.15) is 0 Å². The number of hydrogen-bond donors (Lipinski definition) is 3. The molecule has 0 unspecified atom stereocenters. The van der Waals surface area contributed by atoms with Gasteiger partial charge in [-0.3, -0.25) is 4.99 Å². The van der Waals surface area contributed by atoms with Crippen LogP contribution in [0.15, 0.2) is 4.99 Å². The summed E-state index contributed by atoms with van der Waals surface area (Å²) in [4.78, 5) is 4.13. The van der Waals surface area contributed by atoms with Gasteiger partial charge in [0.1, 0.15) is 0 Å². The summed E-state index contributed by atoms with van der Waals surface area (Å²) in [6, 6.07) is 0. The number of aliphatic imine (C=N–C) groups is 1. The van der Waals surface area contributed by atoms with Crippen molar-refractivity contribution in [2.24, 2.45) is 16.6 Å². The molecule has 0 saturated carbocycles. The number of guanidine groups is 1. The molecule has 0 aliphatic heterocycles. The lowest BCUT2D eigenvalue weighted by molar-refractivity contribution is 0.465. The molecule has 0 aromatic rings. The van der Waals surface area contributed by atoms with Gasteiger partial charge in [-0.1, -0.05) is 13.8 Å². The molecule has 18 heavy (non-hydrogen) atoms. The standard InChI is InChI=1S/C11H26N4O2S/c1-9(2)6-7-13-10(12)14-8-11(3,4)15-18(5,16)17/h9,15H,6-8H2,1-5H3,(H3,12,13,14). The molecule has 4 N–H and O–H groups in total. The minimum Gasteiger partial charge on any atom is -0.370 e. The average molecular weight is 278 g/mol. The van der Waals surface area contributed by atoms with E-state index in [4.69, 9.17) is 5.73 Å². The number of hydrogen-bond acceptors (Lipinski definition) is 3. The summed E-state index contributed by atoms with van der Waals surface area (Å²) in [6.07, 6.45) is 2.14. The first-order valence-corrected chi connectivity index (χ1v) is 7.94. The highest BCUT2D eigenvalue weighted by Crippen LogP contribution is 2.04. The van der Waals surface area contributed by atoms with Crippen molar-refractivity contribution in [3.63, 3.8) is 0 Å². The fourth-order valence-corrected chi connectivity index (χ4v) is 2.43. The van der Waals surface area contributed by atoms with Crippen LogP contribution in [0.1, 0.15) is 34.1 Å². The van der Waals surface area contributed by atoms with E-state index in [0.717, 1.165) is 19.2 Å². The number of nitrogens with zero attached hydrogens (tertiary/aromatic N) is 1. The van der Waals surface area contributed by atoms with Crippen LogP contribution in [0, 0.1) is 5.92 Å². The summed E-state index contributed by atoms with van der Waals surface area (Å²) in [5, 5.41) is 3.00. The highest BCUT2D eigenvalue weighted by Gasteiger charge is 2.21. The molecule has 0 bridgehead atoms. The van der Waals surface area contributed by atoms with Crippen LogP contribution in [0.2, 0.25) is 0 Å². The molecule has 0 rings (SSSR count). The molecule has 0 atom stereocenters. The second-order valence-corrected chi connectivity index (χ2v) is 7.32. The third-order valence-corrected chi connectivity index (χ3v) is 3.06. The van der Waals surface area contributed by atoms with Gasteiger partial charge in [-0.05, 0) is 26.2 Å². The van der Waals surface area contributed by atoms with Crippen LogP contribution in [-0.2, 0) is 10.0 Å². The predicted octanol–water partition coefficient (Wildman–Crippen LogP) is 0.265. The van der Waals surface area contributed by atoms with Gasteiger partial charge >= 0.3 is 0 Å². The molecule has 0 saturated heterocycles. The van der Waals surface area contributed by atoms with E-state index < -0.39 is 15.6 Å². The SMILES string of the molecule is CC(C)CCNC(N)=NCC(C)(C)NS(C)(=O)=O. The van der Waals surface area contributed by atoms with Crippen LogP contribution < -0.4 is 15.8 Å². The summed E-state index contributed by atoms with van der Waals surface area (Å²) >= 11 is 0. The Kier molecular flexibility index (Phi) is 6.62. The van der Waals surface area contributed by atoms with Crippen molar-refractivity contribution in [3.8, 4) is 0 Å². The molecule has 0 heterocycles. The van der Waals surface area contributed by atoms with Crippen LogP contribution in [0.5, 0.6) is 0 Å². The average Bonchev–Trinajstić information content (AvgIpc) is 2.10. The van der Waals surface area contributed by atoms with Crippen molar-refractivity contribution in [2.75, 3.05) is 19.3 Å². The van der Waals surface area contributed by atoms with Gasteiger partial charge in [0, 0.05) is 12.1 Å². The van der Waals surface area contributed by atoms with Gasteiger partial charge in [0.2, 0.25) is 10.0 Å². The second-order valence-electron chi connectivity index (χ2n) is 5.57. The second kappa shape index (κ2) is 6.94. The molecule has 7 heteroatoms. The topological polar surface area (TPSA) is 96.6 Å². The molecule has 0 aliphatic carbocycles. The summed E-state index contributed by atoms with van der Waals surface area (Å²) in [5.41, 5.74) is 5.05. The van der Waals surface area contributed by atoms with Crippen LogP contribution in [-0.4, -0.2) is 39.3 Å². The van der Waals surface area contributed by atoms with Gasteiger partial charge < -0.3 is 11.1 Å². The Bertz CT molecular complexity index is 375. The molecule has 6 nitrogen and oxygen atoms in total. The first-order valence-electron chi connectivity index (χ1n) is 6.04. The van der Waals surface area contributed by atoms with Crippen molar-refractivity contribution in [1.29, 1.82) is 0 Å². The Morgan fingerprint density at radius 2 is 1.94 bits per heavy atom. The fraction of sp³-hybridized carbons (Fsp3) is 0.909. The van der Waals surface area contributed by atoms with Crippen molar-refractivity contribution in [3.05, 3.63) is 0 Å². The van der Waals surface area contributed by atoms with Crippen LogP contribution in [0.25, 0.3) is 0 Å². The zero-order valence-corrected chi connectivity index (χ0v) is 12.8. The first kappa shape index (κ1) is 17.2. The minimum atomic E-state index is -3.24. The first-order chi connectivity index (χ1) is 8.02. The van der Waals surface area contributed by atoms with Gasteiger partial charge in [0.25, 0.3) is 0 Å². The van der Waals surface area contributed by atoms with E-state index in [1.807, 2.05) is 0 Å². The molecular weight excluding hydrogens is 252 g/mol. The summed E-state index contributed by atoms with van der Waals surface area (Å²) in [6.45, 7) is 8.85. The Morgan fingerprint density at radius 3 is 2.39 bits per heavy atom. The number of nitrogens with two attached hydrogens (primary N) is 1. The van der Waals surface area contributed by atoms with E-state index in [-0.39, 0.29) is 0 Å². The lowest BCUT2D eigenvalue weighted by atomic mass is 10.1. The van der Waals surface area contributed by atoms with Gasteiger partial charge in [-0.25, -0.2) is 13.1 Å². The largest absolute Gasteiger partial charge is 0.370 e. The molecule has 0 spiro atoms. The van der Waals surface area contributed by atoms with Gasteiger partial charge in [-0.15, -0.1) is 0 Å². The van der Waals surface area contributed by atoms with Crippen molar-refractivity contribution in [2.45, 2.75) is 39.7 Å². The molecule has 0 aromatic heterocycles. The summed E-state index contributed by atoms with van der Waals surface area (Å²) < 4.78 is 24.8. The van der Waals surface area contributed by atoms with E-state index in [1.54, 1.807) is 13.8 Å². The summed E-state index contributed by atoms with van der Waals surface area (Å²) in [5.74, 6) is 0.952. The van der Waals surface area contributed by atoms with Crippen LogP contribution >= 0.6 is 0 Å². The molecule has 0 fully saturated rings. The number of rotatable bonds is 7. The van der Waals surface area contributed by atoms with Crippen molar-refractivity contribution >= 4 is 16.0 Å². The van der Waals surface area contributed by atoms with E-state index >= 15 is 0 Å². The Labute approximate surface area is 110 Å². The van der Waals surface area contributed by atoms with E-state index in [0.29, 0.717) is 18.4 Å². The number of nitrogens with one attached hydrogen (secondary N) is 2. The minimum absolute atomic E-state index is 0.292. The molecule has 0 aromatic carbocycles. The quantitative estimate of drug-likeness (QED) is 0.460. The molecular formula is C11H26N4O2S. The molecule has 0 radical (unpaired) electrons. The van der Waals surface area contributed by atoms with Gasteiger partial charge in [0.05, 0.1) is 12.8 Å². The maximum Gasteiger partial charge on any atom is 0.209 e.